The van der Waals surface area contributed by atoms with Crippen LogP contribution in [0.5, 0.6) is 0 Å². The van der Waals surface area contributed by atoms with Crippen LogP contribution in [0.15, 0.2) is 60.8 Å². The number of nitrogens with zero attached hydrogens (tertiary/aromatic N) is 3. The minimum atomic E-state index is -0.209. The fourth-order valence-corrected chi connectivity index (χ4v) is 4.26. The summed E-state index contributed by atoms with van der Waals surface area (Å²) in [6.07, 6.45) is 1.82. The second kappa shape index (κ2) is 8.90. The van der Waals surface area contributed by atoms with Crippen LogP contribution in [0.3, 0.4) is 0 Å². The van der Waals surface area contributed by atoms with Gasteiger partial charge in [-0.15, -0.1) is 0 Å². The number of aromatic nitrogens is 3. The highest BCUT2D eigenvalue weighted by molar-refractivity contribution is 5.92. The van der Waals surface area contributed by atoms with Crippen LogP contribution < -0.4 is 21.7 Å². The first-order chi connectivity index (χ1) is 16.5. The maximum Gasteiger partial charge on any atom is 0.271 e. The van der Waals surface area contributed by atoms with Crippen molar-refractivity contribution in [3.63, 3.8) is 0 Å². The Bertz CT molecular complexity index is 1340. The molecular weight excluding hydrogens is 426 g/mol. The lowest BCUT2D eigenvalue weighted by Crippen LogP contribution is -2.24. The Morgan fingerprint density at radius 1 is 1.09 bits per heavy atom. The van der Waals surface area contributed by atoms with Gasteiger partial charge in [-0.05, 0) is 60.9 Å². The molecule has 0 saturated carbocycles. The molecule has 2 aromatic carbocycles. The van der Waals surface area contributed by atoms with Crippen molar-refractivity contribution in [2.45, 2.75) is 33.5 Å². The summed E-state index contributed by atoms with van der Waals surface area (Å²) in [4.78, 5) is 21.7. The lowest BCUT2D eigenvalue weighted by Gasteiger charge is -2.12. The van der Waals surface area contributed by atoms with Gasteiger partial charge in [0.1, 0.15) is 17.3 Å². The zero-order valence-corrected chi connectivity index (χ0v) is 19.2. The Morgan fingerprint density at radius 2 is 1.91 bits per heavy atom. The molecule has 4 aromatic rings. The van der Waals surface area contributed by atoms with Gasteiger partial charge in [0.25, 0.3) is 5.91 Å². The molecule has 0 saturated heterocycles. The zero-order chi connectivity index (χ0) is 23.7. The van der Waals surface area contributed by atoms with Gasteiger partial charge < -0.3 is 26.3 Å². The number of carbonyl (C=O) groups excluding carboxylic acids is 1. The smallest absolute Gasteiger partial charge is 0.271 e. The van der Waals surface area contributed by atoms with Gasteiger partial charge in [0.2, 0.25) is 0 Å². The Kier molecular flexibility index (Phi) is 5.63. The lowest BCUT2D eigenvalue weighted by atomic mass is 10.1. The Hall–Kier alpha value is -4.33. The molecule has 0 spiro atoms. The fraction of sp³-hybridized carbons (Fsp3) is 0.192. The first-order valence-corrected chi connectivity index (χ1v) is 11.2. The monoisotopic (exact) mass is 453 g/mol. The van der Waals surface area contributed by atoms with Crippen LogP contribution in [-0.2, 0) is 19.6 Å². The minimum Gasteiger partial charge on any atom is -0.384 e. The van der Waals surface area contributed by atoms with Crippen molar-refractivity contribution in [1.29, 1.82) is 0 Å². The molecule has 1 aliphatic rings. The van der Waals surface area contributed by atoms with Crippen molar-refractivity contribution in [2.75, 3.05) is 16.4 Å². The Morgan fingerprint density at radius 3 is 2.71 bits per heavy atom. The number of hydrogen-bond donors (Lipinski definition) is 4. The van der Waals surface area contributed by atoms with E-state index in [4.69, 9.17) is 5.73 Å². The fourth-order valence-electron chi connectivity index (χ4n) is 4.26. The molecule has 172 valence electrons. The summed E-state index contributed by atoms with van der Waals surface area (Å²) in [5.74, 6) is 1.10. The van der Waals surface area contributed by atoms with E-state index in [-0.39, 0.29) is 5.91 Å². The van der Waals surface area contributed by atoms with E-state index in [1.54, 1.807) is 0 Å². The number of carbonyl (C=O) groups is 1. The first-order valence-electron chi connectivity index (χ1n) is 11.2. The van der Waals surface area contributed by atoms with Crippen LogP contribution in [-0.4, -0.2) is 20.4 Å². The number of aryl methyl sites for hydroxylation is 2. The highest BCUT2D eigenvalue weighted by atomic mass is 16.1. The molecule has 2 aromatic heterocycles. The van der Waals surface area contributed by atoms with Crippen molar-refractivity contribution in [2.24, 2.45) is 0 Å². The number of nitrogens with one attached hydrogen (secondary N) is 3. The molecule has 3 heterocycles. The second-order valence-electron chi connectivity index (χ2n) is 8.50. The van der Waals surface area contributed by atoms with Crippen LogP contribution in [0.25, 0.3) is 0 Å². The second-order valence-corrected chi connectivity index (χ2v) is 8.50. The minimum absolute atomic E-state index is 0.209. The number of fused-ring (bicyclic) bond motifs is 2. The molecule has 8 heteroatoms. The summed E-state index contributed by atoms with van der Waals surface area (Å²) in [5, 5.41) is 9.85. The van der Waals surface area contributed by atoms with Crippen molar-refractivity contribution < 1.29 is 4.79 Å². The maximum atomic E-state index is 12.8. The molecule has 1 aliphatic heterocycles. The van der Waals surface area contributed by atoms with Gasteiger partial charge >= 0.3 is 0 Å². The number of hydrogen-bond acceptors (Lipinski definition) is 6. The average molecular weight is 454 g/mol. The van der Waals surface area contributed by atoms with E-state index >= 15 is 0 Å². The maximum absolute atomic E-state index is 12.8. The van der Waals surface area contributed by atoms with E-state index in [1.807, 2.05) is 61.0 Å². The molecule has 0 bridgehead atoms. The Balaban J connectivity index is 1.29. The Labute approximate surface area is 198 Å². The molecule has 0 fully saturated rings. The quantitative estimate of drug-likeness (QED) is 0.362. The lowest BCUT2D eigenvalue weighted by molar-refractivity contribution is 0.0946. The van der Waals surface area contributed by atoms with Gasteiger partial charge in [0.05, 0.1) is 13.1 Å². The van der Waals surface area contributed by atoms with E-state index in [9.17, 15) is 4.79 Å². The van der Waals surface area contributed by atoms with Gasteiger partial charge in [0.15, 0.2) is 0 Å². The predicted molar refractivity (Wildman–Crippen MR) is 134 cm³/mol. The topological polar surface area (TPSA) is 110 Å². The van der Waals surface area contributed by atoms with E-state index < -0.39 is 0 Å². The number of anilines is 4. The molecule has 5 rings (SSSR count). The normalized spacial score (nSPS) is 12.2. The highest BCUT2D eigenvalue weighted by Crippen LogP contribution is 2.27. The number of para-hydroxylation sites is 1. The van der Waals surface area contributed by atoms with Gasteiger partial charge in [0, 0.05) is 35.5 Å². The summed E-state index contributed by atoms with van der Waals surface area (Å²) >= 11 is 0. The largest absolute Gasteiger partial charge is 0.384 e. The van der Waals surface area contributed by atoms with Gasteiger partial charge in [-0.25, -0.2) is 9.97 Å². The summed E-state index contributed by atoms with van der Waals surface area (Å²) in [6.45, 7) is 5.42. The third kappa shape index (κ3) is 4.43. The number of nitrogens with two attached hydrogens (primary N) is 1. The van der Waals surface area contributed by atoms with Crippen molar-refractivity contribution in [3.8, 4) is 0 Å². The van der Waals surface area contributed by atoms with Gasteiger partial charge in [-0.1, -0.05) is 24.3 Å². The highest BCUT2D eigenvalue weighted by Gasteiger charge is 2.19. The molecule has 0 radical (unpaired) electrons. The number of nitrogen functional groups attached to an aromatic ring is 1. The third-order valence-electron chi connectivity index (χ3n) is 6.04. The molecule has 5 N–H and O–H groups in total. The molecule has 0 atom stereocenters. The zero-order valence-electron chi connectivity index (χ0n) is 19.2. The predicted octanol–water partition coefficient (Wildman–Crippen LogP) is 4.12. The SMILES string of the molecule is Cc1cc(N)nc(C)c1CNC(=O)c1cn2c(n1)CNc1cc(Nc3ccccc3)ccc1C2. The van der Waals surface area contributed by atoms with E-state index in [2.05, 4.69) is 44.1 Å². The first kappa shape index (κ1) is 21.5. The van der Waals surface area contributed by atoms with Crippen molar-refractivity contribution in [3.05, 3.63) is 94.7 Å². The standard InChI is InChI=1S/C26H27N7O/c1-16-10-24(27)30-17(2)21(16)12-29-26(34)23-15-33-14-18-8-9-20(31-19-6-4-3-5-7-19)11-22(18)28-13-25(33)32-23/h3-11,15,28,31H,12-14H2,1-2H3,(H2,27,30)(H,29,34). The van der Waals surface area contributed by atoms with E-state index in [1.165, 1.54) is 0 Å². The van der Waals surface area contributed by atoms with Crippen LogP contribution in [0.1, 0.15) is 38.7 Å². The van der Waals surface area contributed by atoms with Crippen LogP contribution in [0, 0.1) is 13.8 Å². The van der Waals surface area contributed by atoms with Gasteiger partial charge in [-0.2, -0.15) is 0 Å². The number of amides is 1. The van der Waals surface area contributed by atoms with Crippen LogP contribution in [0.4, 0.5) is 22.9 Å². The summed E-state index contributed by atoms with van der Waals surface area (Å²) < 4.78 is 2.03. The number of pyridine rings is 1. The summed E-state index contributed by atoms with van der Waals surface area (Å²) in [7, 11) is 0. The molecular formula is C26H27N7O. The molecule has 8 nitrogen and oxygen atoms in total. The number of rotatable bonds is 5. The average Bonchev–Trinajstić information content (AvgIpc) is 3.13. The number of benzene rings is 2. The van der Waals surface area contributed by atoms with Crippen molar-refractivity contribution >= 4 is 28.8 Å². The summed E-state index contributed by atoms with van der Waals surface area (Å²) in [5.41, 5.74) is 13.3. The van der Waals surface area contributed by atoms with E-state index in [0.717, 1.165) is 45.3 Å². The number of imidazole rings is 1. The third-order valence-corrected chi connectivity index (χ3v) is 6.04. The van der Waals surface area contributed by atoms with E-state index in [0.29, 0.717) is 31.1 Å². The molecule has 0 aliphatic carbocycles. The molecule has 34 heavy (non-hydrogen) atoms. The molecule has 1 amide bonds. The van der Waals surface area contributed by atoms with Crippen LogP contribution >= 0.6 is 0 Å². The summed E-state index contributed by atoms with van der Waals surface area (Å²) in [6, 6.07) is 18.2. The molecule has 0 unspecified atom stereocenters. The van der Waals surface area contributed by atoms with Crippen molar-refractivity contribution in [1.82, 2.24) is 19.9 Å². The van der Waals surface area contributed by atoms with Crippen LogP contribution in [0.2, 0.25) is 0 Å². The van der Waals surface area contributed by atoms with Gasteiger partial charge in [-0.3, -0.25) is 4.79 Å².